The van der Waals surface area contributed by atoms with E-state index >= 15 is 0 Å². The summed E-state index contributed by atoms with van der Waals surface area (Å²) in [4.78, 5) is 9.51. The largest absolute Gasteiger partial charge is 0.253 e. The van der Waals surface area contributed by atoms with E-state index in [0.29, 0.717) is 0 Å². The van der Waals surface area contributed by atoms with Crippen molar-refractivity contribution in [2.45, 2.75) is 84.5 Å². The molecular weight excluding hydrogens is 280 g/mol. The highest BCUT2D eigenvalue weighted by atomic mass is 14.8. The van der Waals surface area contributed by atoms with E-state index in [4.69, 9.17) is 9.97 Å². The van der Waals surface area contributed by atoms with E-state index in [9.17, 15) is 0 Å². The van der Waals surface area contributed by atoms with Crippen LogP contribution in [0.15, 0.2) is 24.4 Å². The summed E-state index contributed by atoms with van der Waals surface area (Å²) >= 11 is 0. The molecule has 2 aromatic rings. The Bertz CT molecular complexity index is 654. The van der Waals surface area contributed by atoms with Crippen molar-refractivity contribution in [2.75, 3.05) is 0 Å². The molecule has 0 N–H and O–H groups in total. The average Bonchev–Trinajstić information content (AvgIpc) is 2.51. The highest BCUT2D eigenvalue weighted by Crippen LogP contribution is 2.35. The van der Waals surface area contributed by atoms with Crippen LogP contribution >= 0.6 is 0 Å². The summed E-state index contributed by atoms with van der Waals surface area (Å²) in [5.74, 6) is 0. The lowest BCUT2D eigenvalue weighted by atomic mass is 9.75. The number of rotatable bonds is 6. The first-order valence-corrected chi connectivity index (χ1v) is 9.08. The van der Waals surface area contributed by atoms with Gasteiger partial charge in [-0.25, -0.2) is 4.98 Å². The van der Waals surface area contributed by atoms with Crippen molar-refractivity contribution in [3.05, 3.63) is 35.7 Å². The fourth-order valence-electron chi connectivity index (χ4n) is 3.28. The van der Waals surface area contributed by atoms with Crippen molar-refractivity contribution in [3.8, 4) is 0 Å². The number of hydrogen-bond acceptors (Lipinski definition) is 2. The maximum Gasteiger partial charge on any atom is 0.0890 e. The predicted molar refractivity (Wildman–Crippen MR) is 100 cm³/mol. The Hall–Kier alpha value is -1.44. The van der Waals surface area contributed by atoms with E-state index in [0.717, 1.165) is 16.7 Å². The quantitative estimate of drug-likeness (QED) is 0.637. The van der Waals surface area contributed by atoms with Crippen LogP contribution in [0, 0.1) is 0 Å². The van der Waals surface area contributed by atoms with Gasteiger partial charge < -0.3 is 0 Å². The number of aromatic nitrogens is 2. The maximum atomic E-state index is 4.82. The fourth-order valence-corrected chi connectivity index (χ4v) is 3.28. The molecular formula is C21H32N2. The standard InChI is InChI=1S/C21H32N2/c1-7-9-13-21(6,12-8-2)16-10-11-17-18(14-16)22-15-19(23-17)20(3,4)5/h10-11,14-15H,7-9,12-13H2,1-6H3. The summed E-state index contributed by atoms with van der Waals surface area (Å²) in [7, 11) is 0. The monoisotopic (exact) mass is 312 g/mol. The zero-order valence-electron chi connectivity index (χ0n) is 15.7. The normalized spacial score (nSPS) is 14.9. The van der Waals surface area contributed by atoms with Crippen LogP contribution in [0.3, 0.4) is 0 Å². The number of nitrogens with zero attached hydrogens (tertiary/aromatic N) is 2. The minimum Gasteiger partial charge on any atom is -0.253 e. The molecule has 2 rings (SSSR count). The van der Waals surface area contributed by atoms with Crippen LogP contribution < -0.4 is 0 Å². The van der Waals surface area contributed by atoms with Gasteiger partial charge in [-0.1, -0.05) is 66.9 Å². The molecule has 1 aromatic carbocycles. The molecule has 2 heteroatoms. The minimum absolute atomic E-state index is 0.0394. The SMILES string of the molecule is CCCCC(C)(CCC)c1ccc2nc(C(C)(C)C)cnc2c1. The van der Waals surface area contributed by atoms with Crippen LogP contribution in [0.2, 0.25) is 0 Å². The molecule has 0 saturated carbocycles. The van der Waals surface area contributed by atoms with Gasteiger partial charge in [0, 0.05) is 11.6 Å². The van der Waals surface area contributed by atoms with E-state index < -0.39 is 0 Å². The van der Waals surface area contributed by atoms with Crippen LogP contribution in [0.4, 0.5) is 0 Å². The van der Waals surface area contributed by atoms with Crippen LogP contribution in [0.1, 0.15) is 84.9 Å². The molecule has 0 bridgehead atoms. The van der Waals surface area contributed by atoms with Gasteiger partial charge in [0.25, 0.3) is 0 Å². The Morgan fingerprint density at radius 1 is 0.913 bits per heavy atom. The minimum atomic E-state index is 0.0394. The summed E-state index contributed by atoms with van der Waals surface area (Å²) in [5.41, 5.74) is 4.80. The molecule has 126 valence electrons. The molecule has 0 amide bonds. The van der Waals surface area contributed by atoms with Gasteiger partial charge in [-0.2, -0.15) is 0 Å². The molecule has 0 aliphatic heterocycles. The van der Waals surface area contributed by atoms with Gasteiger partial charge in [0.2, 0.25) is 0 Å². The summed E-state index contributed by atoms with van der Waals surface area (Å²) in [5, 5.41) is 0. The number of benzene rings is 1. The van der Waals surface area contributed by atoms with Gasteiger partial charge in [0.1, 0.15) is 0 Å². The molecule has 1 atom stereocenters. The highest BCUT2D eigenvalue weighted by molar-refractivity contribution is 5.75. The second-order valence-corrected chi connectivity index (χ2v) is 8.12. The molecule has 1 aromatic heterocycles. The first-order valence-electron chi connectivity index (χ1n) is 9.08. The fraction of sp³-hybridized carbons (Fsp3) is 0.619. The Kier molecular flexibility index (Phi) is 5.44. The Labute approximate surface area is 141 Å². The average molecular weight is 313 g/mol. The van der Waals surface area contributed by atoms with Gasteiger partial charge in [-0.15, -0.1) is 0 Å². The molecule has 2 nitrogen and oxygen atoms in total. The lowest BCUT2D eigenvalue weighted by Crippen LogP contribution is -2.22. The summed E-state index contributed by atoms with van der Waals surface area (Å²) in [6.45, 7) is 13.5. The molecule has 0 aliphatic rings. The Morgan fingerprint density at radius 3 is 2.26 bits per heavy atom. The van der Waals surface area contributed by atoms with Crippen LogP contribution in [-0.4, -0.2) is 9.97 Å². The summed E-state index contributed by atoms with van der Waals surface area (Å²) in [6, 6.07) is 6.70. The lowest BCUT2D eigenvalue weighted by Gasteiger charge is -2.30. The third-order valence-corrected chi connectivity index (χ3v) is 4.89. The first kappa shape index (κ1) is 17.9. The smallest absolute Gasteiger partial charge is 0.0890 e. The molecule has 0 fully saturated rings. The first-order chi connectivity index (χ1) is 10.8. The Balaban J connectivity index is 2.42. The summed E-state index contributed by atoms with van der Waals surface area (Å²) in [6.07, 6.45) is 8.16. The number of unbranched alkanes of at least 4 members (excludes halogenated alkanes) is 1. The van der Waals surface area contributed by atoms with Crippen LogP contribution in [-0.2, 0) is 10.8 Å². The van der Waals surface area contributed by atoms with E-state index in [1.165, 1.54) is 37.7 Å². The van der Waals surface area contributed by atoms with E-state index in [-0.39, 0.29) is 10.8 Å². The maximum absolute atomic E-state index is 4.82. The van der Waals surface area contributed by atoms with Crippen molar-refractivity contribution >= 4 is 11.0 Å². The lowest BCUT2D eigenvalue weighted by molar-refractivity contribution is 0.383. The zero-order valence-corrected chi connectivity index (χ0v) is 15.7. The second-order valence-electron chi connectivity index (χ2n) is 8.12. The molecule has 1 heterocycles. The van der Waals surface area contributed by atoms with Gasteiger partial charge in [-0.3, -0.25) is 4.98 Å². The van der Waals surface area contributed by atoms with E-state index in [1.807, 2.05) is 6.20 Å². The van der Waals surface area contributed by atoms with Gasteiger partial charge in [0.05, 0.1) is 16.7 Å². The van der Waals surface area contributed by atoms with Gasteiger partial charge >= 0.3 is 0 Å². The molecule has 1 unspecified atom stereocenters. The van der Waals surface area contributed by atoms with Crippen molar-refractivity contribution in [1.82, 2.24) is 9.97 Å². The van der Waals surface area contributed by atoms with Crippen molar-refractivity contribution in [3.63, 3.8) is 0 Å². The third kappa shape index (κ3) is 4.10. The topological polar surface area (TPSA) is 25.8 Å². The molecule has 0 saturated heterocycles. The van der Waals surface area contributed by atoms with Crippen LogP contribution in [0.5, 0.6) is 0 Å². The summed E-state index contributed by atoms with van der Waals surface area (Å²) < 4.78 is 0. The zero-order chi connectivity index (χ0) is 17.1. The Morgan fingerprint density at radius 2 is 1.65 bits per heavy atom. The molecule has 23 heavy (non-hydrogen) atoms. The van der Waals surface area contributed by atoms with E-state index in [2.05, 4.69) is 59.7 Å². The molecule has 0 spiro atoms. The highest BCUT2D eigenvalue weighted by Gasteiger charge is 2.25. The predicted octanol–water partition coefficient (Wildman–Crippen LogP) is 6.18. The molecule has 0 radical (unpaired) electrons. The van der Waals surface area contributed by atoms with Crippen LogP contribution in [0.25, 0.3) is 11.0 Å². The number of hydrogen-bond donors (Lipinski definition) is 0. The molecule has 0 aliphatic carbocycles. The van der Waals surface area contributed by atoms with Crippen molar-refractivity contribution in [2.24, 2.45) is 0 Å². The second kappa shape index (κ2) is 6.98. The van der Waals surface area contributed by atoms with Crippen molar-refractivity contribution in [1.29, 1.82) is 0 Å². The van der Waals surface area contributed by atoms with E-state index in [1.54, 1.807) is 0 Å². The van der Waals surface area contributed by atoms with Crippen molar-refractivity contribution < 1.29 is 0 Å². The number of fused-ring (bicyclic) bond motifs is 1. The van der Waals surface area contributed by atoms with Gasteiger partial charge in [-0.05, 0) is 36.0 Å². The van der Waals surface area contributed by atoms with Gasteiger partial charge in [0.15, 0.2) is 0 Å². The third-order valence-electron chi connectivity index (χ3n) is 4.89.